The molecule has 3 N–H and O–H groups in total. The fourth-order valence-corrected chi connectivity index (χ4v) is 4.88. The van der Waals surface area contributed by atoms with Crippen LogP contribution in [0.1, 0.15) is 48.0 Å². The van der Waals surface area contributed by atoms with Gasteiger partial charge in [-0.2, -0.15) is 0 Å². The van der Waals surface area contributed by atoms with Crippen LogP contribution in [0.3, 0.4) is 0 Å². The van der Waals surface area contributed by atoms with Gasteiger partial charge in [0.2, 0.25) is 5.91 Å². The van der Waals surface area contributed by atoms with Crippen LogP contribution in [0.4, 0.5) is 0 Å². The first-order valence-electron chi connectivity index (χ1n) is 10.4. The summed E-state index contributed by atoms with van der Waals surface area (Å²) in [6.45, 7) is 3.82. The summed E-state index contributed by atoms with van der Waals surface area (Å²) in [7, 11) is 0. The highest BCUT2D eigenvalue weighted by Crippen LogP contribution is 2.29. The Morgan fingerprint density at radius 1 is 1.20 bits per heavy atom. The molecule has 0 spiro atoms. The molecule has 2 fully saturated rings. The van der Waals surface area contributed by atoms with Crippen LogP contribution in [0.2, 0.25) is 5.02 Å². The maximum absolute atomic E-state index is 12.7. The number of carbonyl (C=O) groups is 2. The van der Waals surface area contributed by atoms with Crippen molar-refractivity contribution in [2.45, 2.75) is 44.6 Å². The van der Waals surface area contributed by atoms with E-state index >= 15 is 0 Å². The Morgan fingerprint density at radius 2 is 1.90 bits per heavy atom. The van der Waals surface area contributed by atoms with Gasteiger partial charge in [-0.05, 0) is 56.8 Å². The molecule has 1 radical (unpaired) electrons. The van der Waals surface area contributed by atoms with Crippen LogP contribution in [0, 0.1) is 6.42 Å². The minimum Gasteiger partial charge on any atom is -0.408 e. The van der Waals surface area contributed by atoms with Gasteiger partial charge in [-0.15, -0.1) is 0 Å². The summed E-state index contributed by atoms with van der Waals surface area (Å²) in [5, 5.41) is 0.125. The van der Waals surface area contributed by atoms with Crippen molar-refractivity contribution in [1.29, 1.82) is 0 Å². The number of carbonyl (C=O) groups excluding carboxylic acids is 2. The maximum atomic E-state index is 12.7. The van der Waals surface area contributed by atoms with E-state index in [1.165, 1.54) is 32.4 Å². The Hall–Kier alpha value is -2.32. The summed E-state index contributed by atoms with van der Waals surface area (Å²) in [4.78, 5) is 42.9. The van der Waals surface area contributed by atoms with Gasteiger partial charge in [0.05, 0.1) is 17.0 Å². The number of benzene rings is 1. The predicted molar refractivity (Wildman–Crippen MR) is 113 cm³/mol. The number of primary amides is 1. The minimum absolute atomic E-state index is 0.00166. The number of hydrogen-bond acceptors (Lipinski definition) is 5. The standard InChI is InChI=1S/C21H26ClN4O4/c22-18-13(12-15-19(17(18)20(23)28)24-21(29)30-15)4-5-16(27)26-10-6-14(7-11-26)25-8-2-1-3-9-25/h5,12,14H,1-4,6-11H2,(H2,23,28)(H,24,29). The van der Waals surface area contributed by atoms with Gasteiger partial charge in [-0.1, -0.05) is 18.0 Å². The third-order valence-corrected chi connectivity index (χ3v) is 6.59. The lowest BCUT2D eigenvalue weighted by molar-refractivity contribution is -0.129. The first-order chi connectivity index (χ1) is 14.4. The molecule has 2 saturated heterocycles. The first-order valence-corrected chi connectivity index (χ1v) is 10.8. The molecule has 2 aliphatic heterocycles. The summed E-state index contributed by atoms with van der Waals surface area (Å²) in [6, 6.07) is 2.13. The van der Waals surface area contributed by atoms with Crippen molar-refractivity contribution in [1.82, 2.24) is 14.8 Å². The van der Waals surface area contributed by atoms with Crippen LogP contribution >= 0.6 is 11.6 Å². The number of amides is 2. The SMILES string of the molecule is NC(=O)c1c(Cl)c(C[CH]C(=O)N2CCC(N3CCCCC3)CC2)cc2oc(=O)[nH]c12. The van der Waals surface area contributed by atoms with Gasteiger partial charge in [-0.3, -0.25) is 14.6 Å². The van der Waals surface area contributed by atoms with Crippen molar-refractivity contribution in [2.75, 3.05) is 26.2 Å². The molecule has 8 nitrogen and oxygen atoms in total. The monoisotopic (exact) mass is 433 g/mol. The number of nitrogens with two attached hydrogens (primary N) is 1. The highest BCUT2D eigenvalue weighted by Gasteiger charge is 2.28. The van der Waals surface area contributed by atoms with Gasteiger partial charge in [0.15, 0.2) is 5.58 Å². The van der Waals surface area contributed by atoms with Crippen molar-refractivity contribution in [2.24, 2.45) is 5.73 Å². The summed E-state index contributed by atoms with van der Waals surface area (Å²) in [6.07, 6.45) is 7.62. The molecule has 4 rings (SSSR count). The van der Waals surface area contributed by atoms with Crippen molar-refractivity contribution in [3.8, 4) is 0 Å². The molecule has 3 heterocycles. The zero-order valence-corrected chi connectivity index (χ0v) is 17.5. The van der Waals surface area contributed by atoms with E-state index in [-0.39, 0.29) is 34.0 Å². The van der Waals surface area contributed by atoms with Crippen LogP contribution in [0.5, 0.6) is 0 Å². The van der Waals surface area contributed by atoms with E-state index in [0.717, 1.165) is 25.9 Å². The number of halogens is 1. The lowest BCUT2D eigenvalue weighted by Crippen LogP contribution is -2.48. The van der Waals surface area contributed by atoms with Gasteiger partial charge in [0.1, 0.15) is 5.52 Å². The number of H-pyrrole nitrogens is 1. The van der Waals surface area contributed by atoms with Crippen LogP contribution in [-0.4, -0.2) is 58.8 Å². The molecule has 1 aromatic heterocycles. The summed E-state index contributed by atoms with van der Waals surface area (Å²) >= 11 is 6.35. The van der Waals surface area contributed by atoms with Crippen LogP contribution in [0.25, 0.3) is 11.1 Å². The Balaban J connectivity index is 1.39. The number of aromatic nitrogens is 1. The topological polar surface area (TPSA) is 113 Å². The molecule has 2 aliphatic rings. The molecule has 9 heteroatoms. The summed E-state index contributed by atoms with van der Waals surface area (Å²) in [5.41, 5.74) is 6.30. The van der Waals surface area contributed by atoms with Crippen molar-refractivity contribution in [3.63, 3.8) is 0 Å². The molecular formula is C21H26ClN4O4. The normalized spacial score (nSPS) is 18.8. The number of nitrogens with one attached hydrogen (secondary N) is 1. The fourth-order valence-electron chi connectivity index (χ4n) is 4.56. The third kappa shape index (κ3) is 4.25. The second-order valence-corrected chi connectivity index (χ2v) is 8.42. The van der Waals surface area contributed by atoms with E-state index in [1.807, 2.05) is 4.90 Å². The number of fused-ring (bicyclic) bond motifs is 1. The molecule has 2 amide bonds. The third-order valence-electron chi connectivity index (χ3n) is 6.16. The van der Waals surface area contributed by atoms with Crippen molar-refractivity contribution in [3.05, 3.63) is 39.2 Å². The van der Waals surface area contributed by atoms with E-state index in [9.17, 15) is 14.4 Å². The maximum Gasteiger partial charge on any atom is 0.417 e. The quantitative estimate of drug-likeness (QED) is 0.749. The molecule has 0 aliphatic carbocycles. The molecule has 0 bridgehead atoms. The van der Waals surface area contributed by atoms with Crippen LogP contribution in [0.15, 0.2) is 15.3 Å². The van der Waals surface area contributed by atoms with Gasteiger partial charge in [-0.25, -0.2) is 4.79 Å². The Labute approximate surface area is 179 Å². The molecule has 0 atom stereocenters. The van der Waals surface area contributed by atoms with Gasteiger partial charge in [0, 0.05) is 19.1 Å². The minimum atomic E-state index is -0.769. The second kappa shape index (κ2) is 8.81. The van der Waals surface area contributed by atoms with E-state index in [1.54, 1.807) is 12.5 Å². The first kappa shape index (κ1) is 20.9. The number of rotatable bonds is 5. The predicted octanol–water partition coefficient (Wildman–Crippen LogP) is 2.10. The van der Waals surface area contributed by atoms with Gasteiger partial charge >= 0.3 is 5.76 Å². The summed E-state index contributed by atoms with van der Waals surface area (Å²) < 4.78 is 5.06. The fraction of sp³-hybridized carbons (Fsp3) is 0.524. The van der Waals surface area contributed by atoms with Gasteiger partial charge < -0.3 is 20.0 Å². The van der Waals surface area contributed by atoms with E-state index in [0.29, 0.717) is 11.6 Å². The largest absolute Gasteiger partial charge is 0.417 e. The van der Waals surface area contributed by atoms with E-state index in [4.69, 9.17) is 21.8 Å². The number of aromatic amines is 1. The van der Waals surface area contributed by atoms with Crippen molar-refractivity contribution < 1.29 is 14.0 Å². The summed E-state index contributed by atoms with van der Waals surface area (Å²) in [5.74, 6) is -1.52. The highest BCUT2D eigenvalue weighted by atomic mass is 35.5. The molecule has 161 valence electrons. The smallest absolute Gasteiger partial charge is 0.408 e. The average Bonchev–Trinajstić information content (AvgIpc) is 3.11. The highest BCUT2D eigenvalue weighted by molar-refractivity contribution is 6.36. The lowest BCUT2D eigenvalue weighted by Gasteiger charge is -2.40. The number of likely N-dealkylation sites (tertiary alicyclic amines) is 2. The average molecular weight is 434 g/mol. The molecule has 2 aromatic rings. The zero-order chi connectivity index (χ0) is 21.3. The molecule has 30 heavy (non-hydrogen) atoms. The van der Waals surface area contributed by atoms with Gasteiger partial charge in [0.25, 0.3) is 5.91 Å². The molecular weight excluding hydrogens is 408 g/mol. The molecule has 0 unspecified atom stereocenters. The zero-order valence-electron chi connectivity index (χ0n) is 16.8. The Morgan fingerprint density at radius 3 is 2.57 bits per heavy atom. The number of nitrogens with zero attached hydrogens (tertiary/aromatic N) is 2. The van der Waals surface area contributed by atoms with Crippen LogP contribution < -0.4 is 11.5 Å². The number of hydrogen-bond donors (Lipinski definition) is 2. The molecule has 1 aromatic carbocycles. The lowest BCUT2D eigenvalue weighted by atomic mass is 9.99. The Bertz CT molecular complexity index is 1000. The number of oxazole rings is 1. The second-order valence-electron chi connectivity index (χ2n) is 8.04. The van der Waals surface area contributed by atoms with Crippen LogP contribution in [-0.2, 0) is 11.2 Å². The molecule has 0 saturated carbocycles. The Kier molecular flexibility index (Phi) is 6.15. The van der Waals surface area contributed by atoms with E-state index in [2.05, 4.69) is 9.88 Å². The number of piperidine rings is 2. The van der Waals surface area contributed by atoms with Crippen molar-refractivity contribution >= 4 is 34.5 Å². The van der Waals surface area contributed by atoms with E-state index < -0.39 is 11.7 Å².